The van der Waals surface area contributed by atoms with Gasteiger partial charge in [0.15, 0.2) is 0 Å². The molecule has 0 saturated carbocycles. The van der Waals surface area contributed by atoms with Crippen molar-refractivity contribution in [1.82, 2.24) is 9.88 Å². The molecule has 136 valence electrons. The molecule has 0 saturated heterocycles. The van der Waals surface area contributed by atoms with E-state index in [9.17, 15) is 4.79 Å². The quantitative estimate of drug-likeness (QED) is 0.739. The average molecular weight is 370 g/mol. The predicted molar refractivity (Wildman–Crippen MR) is 109 cm³/mol. The lowest BCUT2D eigenvalue weighted by atomic mass is 10.1. The van der Waals surface area contributed by atoms with Gasteiger partial charge in [-0.1, -0.05) is 30.3 Å². The molecular formula is C21H24ClN3O. The molecule has 2 N–H and O–H groups in total. The van der Waals surface area contributed by atoms with Crippen LogP contribution in [0.1, 0.15) is 16.8 Å². The fraction of sp³-hybridized carbons (Fsp3) is 0.286. The number of anilines is 1. The molecule has 3 aromatic rings. The van der Waals surface area contributed by atoms with Gasteiger partial charge in [0.25, 0.3) is 0 Å². The van der Waals surface area contributed by atoms with Gasteiger partial charge in [0, 0.05) is 35.2 Å². The van der Waals surface area contributed by atoms with Crippen LogP contribution < -0.4 is 10.6 Å². The first-order valence-electron chi connectivity index (χ1n) is 8.88. The number of aromatic nitrogens is 1. The van der Waals surface area contributed by atoms with Gasteiger partial charge >= 0.3 is 0 Å². The highest BCUT2D eigenvalue weighted by Crippen LogP contribution is 2.28. The van der Waals surface area contributed by atoms with E-state index >= 15 is 0 Å². The van der Waals surface area contributed by atoms with E-state index in [1.807, 2.05) is 31.2 Å². The van der Waals surface area contributed by atoms with E-state index in [4.69, 9.17) is 0 Å². The highest BCUT2D eigenvalue weighted by Gasteiger charge is 2.19. The standard InChI is InChI=1S/C21H23N3O.ClH/c1-15-5-4-6-16(13-15)23-21(25)14-24-19-8-3-2-7-17(19)18-9-11-22-12-10-20(18)24;/h2-8,13,22H,9-12,14H2,1H3,(H,23,25);1H. The summed E-state index contributed by atoms with van der Waals surface area (Å²) in [4.78, 5) is 12.7. The minimum absolute atomic E-state index is 0. The predicted octanol–water partition coefficient (Wildman–Crippen LogP) is 3.70. The van der Waals surface area contributed by atoms with Crippen LogP contribution in [0.15, 0.2) is 48.5 Å². The van der Waals surface area contributed by atoms with Gasteiger partial charge in [0.05, 0.1) is 0 Å². The summed E-state index contributed by atoms with van der Waals surface area (Å²) in [6, 6.07) is 16.4. The van der Waals surface area contributed by atoms with E-state index in [-0.39, 0.29) is 18.3 Å². The second kappa shape index (κ2) is 7.94. The van der Waals surface area contributed by atoms with E-state index in [0.29, 0.717) is 6.54 Å². The summed E-state index contributed by atoms with van der Waals surface area (Å²) in [6.07, 6.45) is 1.98. The van der Waals surface area contributed by atoms with Crippen molar-refractivity contribution in [2.75, 3.05) is 18.4 Å². The summed E-state index contributed by atoms with van der Waals surface area (Å²) in [5, 5.41) is 7.77. The molecule has 0 aliphatic carbocycles. The van der Waals surface area contributed by atoms with Crippen molar-refractivity contribution in [2.45, 2.75) is 26.3 Å². The third kappa shape index (κ3) is 3.62. The van der Waals surface area contributed by atoms with Crippen LogP contribution in [-0.2, 0) is 24.2 Å². The minimum atomic E-state index is 0. The summed E-state index contributed by atoms with van der Waals surface area (Å²) in [5.74, 6) is 0.0198. The van der Waals surface area contributed by atoms with Gasteiger partial charge in [-0.05, 0) is 49.2 Å². The number of fused-ring (bicyclic) bond motifs is 3. The Hall–Kier alpha value is -2.30. The molecule has 2 aromatic carbocycles. The van der Waals surface area contributed by atoms with Crippen LogP contribution in [0.3, 0.4) is 0 Å². The maximum absolute atomic E-state index is 12.7. The van der Waals surface area contributed by atoms with E-state index < -0.39 is 0 Å². The van der Waals surface area contributed by atoms with Gasteiger partial charge in [-0.15, -0.1) is 12.4 Å². The molecule has 0 fully saturated rings. The van der Waals surface area contributed by atoms with Crippen LogP contribution >= 0.6 is 12.4 Å². The normalized spacial score (nSPS) is 13.6. The van der Waals surface area contributed by atoms with Gasteiger partial charge in [-0.2, -0.15) is 0 Å². The average Bonchev–Trinajstić information content (AvgIpc) is 2.76. The zero-order valence-corrected chi connectivity index (χ0v) is 15.7. The summed E-state index contributed by atoms with van der Waals surface area (Å²) in [6.45, 7) is 4.34. The molecule has 4 nitrogen and oxygen atoms in total. The number of hydrogen-bond acceptors (Lipinski definition) is 2. The third-order valence-electron chi connectivity index (χ3n) is 4.89. The number of aryl methyl sites for hydroxylation is 1. The van der Waals surface area contributed by atoms with Crippen LogP contribution in [0.2, 0.25) is 0 Å². The van der Waals surface area contributed by atoms with Crippen LogP contribution in [0.4, 0.5) is 5.69 Å². The van der Waals surface area contributed by atoms with Crippen LogP contribution in [0, 0.1) is 6.92 Å². The number of amides is 1. The van der Waals surface area contributed by atoms with Crippen LogP contribution in [0.25, 0.3) is 10.9 Å². The van der Waals surface area contributed by atoms with Gasteiger partial charge in [0.1, 0.15) is 6.54 Å². The van der Waals surface area contributed by atoms with Crippen molar-refractivity contribution in [3.8, 4) is 0 Å². The number of nitrogens with zero attached hydrogens (tertiary/aromatic N) is 1. The monoisotopic (exact) mass is 369 g/mol. The maximum atomic E-state index is 12.7. The van der Waals surface area contributed by atoms with Crippen LogP contribution in [0.5, 0.6) is 0 Å². The zero-order chi connectivity index (χ0) is 17.2. The van der Waals surface area contributed by atoms with Crippen molar-refractivity contribution >= 4 is 34.9 Å². The molecule has 0 atom stereocenters. The highest BCUT2D eigenvalue weighted by molar-refractivity contribution is 5.93. The first-order chi connectivity index (χ1) is 12.2. The number of halogens is 1. The molecule has 0 spiro atoms. The molecule has 4 rings (SSSR count). The fourth-order valence-electron chi connectivity index (χ4n) is 3.79. The Morgan fingerprint density at radius 1 is 1.12 bits per heavy atom. The molecule has 1 amide bonds. The Labute approximate surface area is 160 Å². The molecule has 0 unspecified atom stereocenters. The lowest BCUT2D eigenvalue weighted by molar-refractivity contribution is -0.116. The number of para-hydroxylation sites is 1. The second-order valence-electron chi connectivity index (χ2n) is 6.70. The van der Waals surface area contributed by atoms with Crippen molar-refractivity contribution in [3.63, 3.8) is 0 Å². The van der Waals surface area contributed by atoms with E-state index in [1.165, 1.54) is 16.6 Å². The Morgan fingerprint density at radius 3 is 2.77 bits per heavy atom. The Morgan fingerprint density at radius 2 is 1.92 bits per heavy atom. The summed E-state index contributed by atoms with van der Waals surface area (Å²) >= 11 is 0. The van der Waals surface area contributed by atoms with Gasteiger partial charge in [0.2, 0.25) is 5.91 Å². The largest absolute Gasteiger partial charge is 0.335 e. The lowest BCUT2D eigenvalue weighted by Gasteiger charge is -2.12. The Kier molecular flexibility index (Phi) is 5.64. The summed E-state index contributed by atoms with van der Waals surface area (Å²) < 4.78 is 2.20. The zero-order valence-electron chi connectivity index (χ0n) is 14.9. The van der Waals surface area contributed by atoms with Crippen LogP contribution in [-0.4, -0.2) is 23.6 Å². The molecule has 0 radical (unpaired) electrons. The van der Waals surface area contributed by atoms with Crippen molar-refractivity contribution in [3.05, 3.63) is 65.4 Å². The number of benzene rings is 2. The van der Waals surface area contributed by atoms with E-state index in [1.54, 1.807) is 0 Å². The molecule has 2 heterocycles. The van der Waals surface area contributed by atoms with Gasteiger partial charge in [-0.3, -0.25) is 4.79 Å². The van der Waals surface area contributed by atoms with Gasteiger partial charge in [-0.25, -0.2) is 0 Å². The number of carbonyl (C=O) groups excluding carboxylic acids is 1. The number of carbonyl (C=O) groups is 1. The van der Waals surface area contributed by atoms with Gasteiger partial charge < -0.3 is 15.2 Å². The molecule has 26 heavy (non-hydrogen) atoms. The second-order valence-corrected chi connectivity index (χ2v) is 6.70. The first-order valence-corrected chi connectivity index (χ1v) is 8.88. The molecular weight excluding hydrogens is 346 g/mol. The third-order valence-corrected chi connectivity index (χ3v) is 4.89. The van der Waals surface area contributed by atoms with Crippen molar-refractivity contribution in [2.24, 2.45) is 0 Å². The Bertz CT molecular complexity index is 932. The van der Waals surface area contributed by atoms with Crippen molar-refractivity contribution in [1.29, 1.82) is 0 Å². The fourth-order valence-corrected chi connectivity index (χ4v) is 3.79. The number of rotatable bonds is 3. The topological polar surface area (TPSA) is 46.1 Å². The van der Waals surface area contributed by atoms with E-state index in [2.05, 4.69) is 39.5 Å². The Balaban J connectivity index is 0.00000196. The maximum Gasteiger partial charge on any atom is 0.244 e. The molecule has 1 aliphatic rings. The number of hydrogen-bond donors (Lipinski definition) is 2. The lowest BCUT2D eigenvalue weighted by Crippen LogP contribution is -2.21. The first kappa shape index (κ1) is 18.5. The SMILES string of the molecule is Cc1cccc(NC(=O)Cn2c3c(c4ccccc42)CCNCC3)c1.Cl. The smallest absolute Gasteiger partial charge is 0.244 e. The van der Waals surface area contributed by atoms with E-state index in [0.717, 1.165) is 42.7 Å². The molecule has 1 aliphatic heterocycles. The molecule has 1 aromatic heterocycles. The molecule has 5 heteroatoms. The summed E-state index contributed by atoms with van der Waals surface area (Å²) in [5.41, 5.74) is 5.85. The highest BCUT2D eigenvalue weighted by atomic mass is 35.5. The van der Waals surface area contributed by atoms with Crippen molar-refractivity contribution < 1.29 is 4.79 Å². The summed E-state index contributed by atoms with van der Waals surface area (Å²) in [7, 11) is 0. The molecule has 0 bridgehead atoms. The number of nitrogens with one attached hydrogen (secondary N) is 2. The minimum Gasteiger partial charge on any atom is -0.335 e.